The molecule has 1 N–H and O–H groups in total. The molecule has 190 valence electrons. The van der Waals surface area contributed by atoms with Crippen molar-refractivity contribution in [3.63, 3.8) is 0 Å². The third kappa shape index (κ3) is 6.25. The van der Waals surface area contributed by atoms with E-state index in [1.165, 1.54) is 56.5 Å². The highest BCUT2D eigenvalue weighted by Crippen LogP contribution is 2.40. The highest BCUT2D eigenvalue weighted by atomic mass is 79.9. The van der Waals surface area contributed by atoms with Crippen molar-refractivity contribution in [3.8, 4) is 11.5 Å². The number of ether oxygens (including phenoxy) is 2. The highest BCUT2D eigenvalue weighted by Gasteiger charge is 2.36. The molecule has 0 unspecified atom stereocenters. The first-order valence-electron chi connectivity index (χ1n) is 9.97. The van der Waals surface area contributed by atoms with Gasteiger partial charge in [0.25, 0.3) is 11.1 Å². The number of hydrogen-bond acceptors (Lipinski definition) is 10. The van der Waals surface area contributed by atoms with Gasteiger partial charge in [-0.2, -0.15) is 8.42 Å². The van der Waals surface area contributed by atoms with Gasteiger partial charge in [-0.1, -0.05) is 0 Å². The molecule has 0 saturated carbocycles. The van der Waals surface area contributed by atoms with Crippen molar-refractivity contribution in [2.75, 3.05) is 26.1 Å². The quantitative estimate of drug-likeness (QED) is 0.272. The molecule has 1 saturated heterocycles. The van der Waals surface area contributed by atoms with Crippen molar-refractivity contribution in [1.29, 1.82) is 0 Å². The molecule has 1 aliphatic rings. The predicted octanol–water partition coefficient (Wildman–Crippen LogP) is 3.39. The Morgan fingerprint density at radius 2 is 1.81 bits per heavy atom. The second-order valence-corrected chi connectivity index (χ2v) is 10.5. The van der Waals surface area contributed by atoms with Gasteiger partial charge in [0, 0.05) is 12.6 Å². The van der Waals surface area contributed by atoms with Crippen LogP contribution >= 0.6 is 27.7 Å². The Morgan fingerprint density at radius 3 is 2.39 bits per heavy atom. The Bertz CT molecular complexity index is 1370. The van der Waals surface area contributed by atoms with Gasteiger partial charge in [0.05, 0.1) is 23.6 Å². The van der Waals surface area contributed by atoms with E-state index in [1.807, 2.05) is 0 Å². The summed E-state index contributed by atoms with van der Waals surface area (Å²) in [5, 5.41) is 1.91. The summed E-state index contributed by atoms with van der Waals surface area (Å²) in [5.74, 6) is -1.82. The number of nitrogens with zero attached hydrogens (tertiary/aromatic N) is 1. The van der Waals surface area contributed by atoms with Crippen LogP contribution in [0, 0.1) is 0 Å². The lowest BCUT2D eigenvalue weighted by Gasteiger charge is -2.14. The van der Waals surface area contributed by atoms with Crippen LogP contribution in [0.3, 0.4) is 0 Å². The maximum atomic E-state index is 12.8. The number of imide groups is 1. The first-order valence-corrected chi connectivity index (χ1v) is 13.0. The summed E-state index contributed by atoms with van der Waals surface area (Å²) in [6, 6.07) is 8.28. The number of anilines is 1. The molecule has 0 aromatic heterocycles. The molecule has 14 heteroatoms. The number of hydrogen-bond donors (Lipinski definition) is 1. The molecule has 3 amide bonds. The molecule has 1 fully saturated rings. The van der Waals surface area contributed by atoms with E-state index in [-0.39, 0.29) is 31.7 Å². The SMILES string of the molecule is COC(=O)CN1C(=O)S/C(=C\c2cc(Br)c(OS(=O)(=O)c3ccc(NC(C)=O)cc3)c(OC)c2)C1=O. The number of benzene rings is 2. The molecule has 11 nitrogen and oxygen atoms in total. The average molecular weight is 599 g/mol. The van der Waals surface area contributed by atoms with Crippen LogP contribution in [-0.4, -0.2) is 57.1 Å². The van der Waals surface area contributed by atoms with E-state index in [9.17, 15) is 27.6 Å². The number of halogens is 1. The van der Waals surface area contributed by atoms with E-state index in [1.54, 1.807) is 0 Å². The molecular weight excluding hydrogens is 580 g/mol. The molecule has 0 radical (unpaired) electrons. The molecule has 3 rings (SSSR count). The van der Waals surface area contributed by atoms with Gasteiger partial charge in [-0.15, -0.1) is 0 Å². The fourth-order valence-electron chi connectivity index (χ4n) is 2.95. The number of thioether (sulfide) groups is 1. The van der Waals surface area contributed by atoms with Crippen molar-refractivity contribution < 1.29 is 41.3 Å². The van der Waals surface area contributed by atoms with Gasteiger partial charge < -0.3 is 19.0 Å². The summed E-state index contributed by atoms with van der Waals surface area (Å²) in [6.07, 6.45) is 1.40. The van der Waals surface area contributed by atoms with Crippen molar-refractivity contribution >= 4 is 72.6 Å². The average Bonchev–Trinajstić information content (AvgIpc) is 3.07. The van der Waals surface area contributed by atoms with Gasteiger partial charge in [0.1, 0.15) is 11.4 Å². The molecule has 2 aromatic carbocycles. The van der Waals surface area contributed by atoms with Gasteiger partial charge in [0.2, 0.25) is 5.91 Å². The Labute approximate surface area is 219 Å². The standard InChI is InChI=1S/C22H19BrN2O9S2/c1-12(26)24-14-4-6-15(7-5-14)36(30,31)34-20-16(23)8-13(9-17(20)32-2)10-18-21(28)25(22(29)35-18)11-19(27)33-3/h4-10H,11H2,1-3H3,(H,24,26)/b18-10-. The number of amides is 3. The van der Waals surface area contributed by atoms with Crippen LogP contribution in [-0.2, 0) is 29.2 Å². The lowest BCUT2D eigenvalue weighted by Crippen LogP contribution is -2.34. The van der Waals surface area contributed by atoms with Crippen LogP contribution < -0.4 is 14.2 Å². The summed E-state index contributed by atoms with van der Waals surface area (Å²) < 4.78 is 40.9. The topological polar surface area (TPSA) is 145 Å². The van der Waals surface area contributed by atoms with Crippen LogP contribution in [0.4, 0.5) is 10.5 Å². The number of carbonyl (C=O) groups excluding carboxylic acids is 4. The first-order chi connectivity index (χ1) is 16.9. The van der Waals surface area contributed by atoms with Crippen molar-refractivity contribution in [2.24, 2.45) is 0 Å². The summed E-state index contributed by atoms with van der Waals surface area (Å²) >= 11 is 3.90. The fraction of sp³-hybridized carbons (Fsp3) is 0.182. The molecule has 1 aliphatic heterocycles. The molecule has 36 heavy (non-hydrogen) atoms. The van der Waals surface area contributed by atoms with E-state index < -0.39 is 33.8 Å². The van der Waals surface area contributed by atoms with E-state index in [2.05, 4.69) is 26.0 Å². The van der Waals surface area contributed by atoms with Gasteiger partial charge in [0.15, 0.2) is 11.5 Å². The maximum absolute atomic E-state index is 12.8. The summed E-state index contributed by atoms with van der Waals surface area (Å²) in [7, 11) is -1.83. The minimum absolute atomic E-state index is 0.0304. The summed E-state index contributed by atoms with van der Waals surface area (Å²) in [5.41, 5.74) is 0.812. The smallest absolute Gasteiger partial charge is 0.339 e. The van der Waals surface area contributed by atoms with Crippen LogP contribution in [0.15, 0.2) is 50.7 Å². The van der Waals surface area contributed by atoms with Crippen LogP contribution in [0.2, 0.25) is 0 Å². The zero-order chi connectivity index (χ0) is 26.6. The number of rotatable bonds is 8. The fourth-order valence-corrected chi connectivity index (χ4v) is 5.39. The minimum Gasteiger partial charge on any atom is -0.493 e. The summed E-state index contributed by atoms with van der Waals surface area (Å²) in [4.78, 5) is 47.9. The number of carbonyl (C=O) groups is 4. The lowest BCUT2D eigenvalue weighted by molar-refractivity contribution is -0.143. The summed E-state index contributed by atoms with van der Waals surface area (Å²) in [6.45, 7) is 0.816. The molecule has 0 aliphatic carbocycles. The number of esters is 1. The maximum Gasteiger partial charge on any atom is 0.339 e. The van der Waals surface area contributed by atoms with E-state index in [0.717, 1.165) is 12.0 Å². The van der Waals surface area contributed by atoms with Crippen molar-refractivity contribution in [1.82, 2.24) is 4.90 Å². The Morgan fingerprint density at radius 1 is 1.14 bits per heavy atom. The minimum atomic E-state index is -4.28. The van der Waals surface area contributed by atoms with Crippen molar-refractivity contribution in [2.45, 2.75) is 11.8 Å². The predicted molar refractivity (Wildman–Crippen MR) is 134 cm³/mol. The third-order valence-corrected chi connectivity index (χ3v) is 7.33. The zero-order valence-electron chi connectivity index (χ0n) is 19.1. The Balaban J connectivity index is 1.87. The van der Waals surface area contributed by atoms with Gasteiger partial charge in [-0.25, -0.2) is 0 Å². The molecular formula is C22H19BrN2O9S2. The molecule has 0 bridgehead atoms. The second kappa shape index (κ2) is 11.1. The molecule has 2 aromatic rings. The highest BCUT2D eigenvalue weighted by molar-refractivity contribution is 9.10. The van der Waals surface area contributed by atoms with Crippen molar-refractivity contribution in [3.05, 3.63) is 51.3 Å². The van der Waals surface area contributed by atoms with Gasteiger partial charge in [-0.05, 0) is 75.7 Å². The van der Waals surface area contributed by atoms with E-state index in [4.69, 9.17) is 8.92 Å². The van der Waals surface area contributed by atoms with Gasteiger partial charge in [-0.3, -0.25) is 24.1 Å². The first kappa shape index (κ1) is 27.2. The normalized spacial score (nSPS) is 14.7. The molecule has 0 atom stereocenters. The van der Waals surface area contributed by atoms with Crippen LogP contribution in [0.25, 0.3) is 6.08 Å². The van der Waals surface area contributed by atoms with E-state index in [0.29, 0.717) is 23.0 Å². The van der Waals surface area contributed by atoms with Gasteiger partial charge >= 0.3 is 16.1 Å². The zero-order valence-corrected chi connectivity index (χ0v) is 22.3. The Hall–Kier alpha value is -3.36. The monoisotopic (exact) mass is 598 g/mol. The van der Waals surface area contributed by atoms with Crippen LogP contribution in [0.1, 0.15) is 12.5 Å². The largest absolute Gasteiger partial charge is 0.493 e. The molecule has 1 heterocycles. The van der Waals surface area contributed by atoms with Crippen LogP contribution in [0.5, 0.6) is 11.5 Å². The lowest BCUT2D eigenvalue weighted by atomic mass is 10.2. The molecule has 0 spiro atoms. The van der Waals surface area contributed by atoms with E-state index >= 15 is 0 Å². The second-order valence-electron chi connectivity index (χ2n) is 7.12. The third-order valence-electron chi connectivity index (χ3n) is 4.59. The number of methoxy groups -OCH3 is 2. The number of nitrogens with one attached hydrogen (secondary N) is 1. The Kier molecular flexibility index (Phi) is 8.43.